The molecular weight excluding hydrogens is 510 g/mol. The number of hydrogen-bond acceptors (Lipinski definition) is 7. The Labute approximate surface area is 231 Å². The molecular formula is C31H31N3O6. The number of carbonyl (C=O) groups is 2. The Morgan fingerprint density at radius 1 is 1.10 bits per heavy atom. The minimum Gasteiger partial charge on any atom is -0.507 e. The first kappa shape index (κ1) is 26.8. The number of rotatable bonds is 7. The number of H-pyrrole nitrogens is 1. The van der Waals surface area contributed by atoms with Gasteiger partial charge in [-0.25, -0.2) is 4.98 Å². The van der Waals surface area contributed by atoms with Gasteiger partial charge in [-0.2, -0.15) is 0 Å². The standard InChI is InChI=1S/C31H31N3O6/c1-6-40-25-14-18(11-12-23(25)35)27-26(28(36)20-15-19(16(2)3)24(39-5)13-17(20)4)29(37)30(38)34(27)31-32-21-9-7-8-10-22(21)33-31/h7-16,27,35-36H,6H2,1-5H3,(H,32,33)/b28-26+. The molecule has 1 aliphatic heterocycles. The van der Waals surface area contributed by atoms with E-state index in [1.165, 1.54) is 11.0 Å². The van der Waals surface area contributed by atoms with E-state index in [1.54, 1.807) is 45.2 Å². The smallest absolute Gasteiger partial charge is 0.302 e. The first-order chi connectivity index (χ1) is 19.2. The quantitative estimate of drug-likeness (QED) is 0.155. The van der Waals surface area contributed by atoms with Crippen molar-refractivity contribution < 1.29 is 29.3 Å². The fraction of sp³-hybridized carbons (Fsp3) is 0.258. The Morgan fingerprint density at radius 2 is 1.85 bits per heavy atom. The van der Waals surface area contributed by atoms with Crippen molar-refractivity contribution in [3.8, 4) is 17.2 Å². The second-order valence-electron chi connectivity index (χ2n) is 9.97. The molecule has 1 aromatic heterocycles. The second-order valence-corrected chi connectivity index (χ2v) is 9.97. The topological polar surface area (TPSA) is 125 Å². The third kappa shape index (κ3) is 4.43. The van der Waals surface area contributed by atoms with Gasteiger partial charge in [0.25, 0.3) is 5.78 Å². The predicted octanol–water partition coefficient (Wildman–Crippen LogP) is 5.73. The Hall–Kier alpha value is -4.79. The summed E-state index contributed by atoms with van der Waals surface area (Å²) in [5.74, 6) is -0.994. The van der Waals surface area contributed by atoms with Crippen LogP contribution in [0.15, 0.2) is 60.2 Å². The summed E-state index contributed by atoms with van der Waals surface area (Å²) in [5.41, 5.74) is 3.60. The highest BCUT2D eigenvalue weighted by molar-refractivity contribution is 6.51. The summed E-state index contributed by atoms with van der Waals surface area (Å²) in [6, 6.07) is 14.4. The number of benzene rings is 3. The number of hydrogen-bond donors (Lipinski definition) is 3. The number of nitrogens with one attached hydrogen (secondary N) is 1. The van der Waals surface area contributed by atoms with Crippen LogP contribution in [0.1, 0.15) is 55.0 Å². The van der Waals surface area contributed by atoms with Crippen molar-refractivity contribution >= 4 is 34.4 Å². The average molecular weight is 542 g/mol. The number of aryl methyl sites for hydroxylation is 1. The SMILES string of the molecule is CCOc1cc(C2/C(=C(\O)c3cc(C(C)C)c(OC)cc3C)C(=O)C(=O)N2c2nc3ccccc3[nH]2)ccc1O. The van der Waals surface area contributed by atoms with Crippen LogP contribution in [0.3, 0.4) is 0 Å². The van der Waals surface area contributed by atoms with Gasteiger partial charge in [-0.15, -0.1) is 0 Å². The van der Waals surface area contributed by atoms with E-state index in [4.69, 9.17) is 9.47 Å². The number of Topliss-reactive ketones (excluding diaryl/α,β-unsaturated/α-hetero) is 1. The van der Waals surface area contributed by atoms with Gasteiger partial charge in [-0.3, -0.25) is 14.5 Å². The van der Waals surface area contributed by atoms with Crippen molar-refractivity contribution in [1.29, 1.82) is 0 Å². The van der Waals surface area contributed by atoms with E-state index in [2.05, 4.69) is 9.97 Å². The van der Waals surface area contributed by atoms with Gasteiger partial charge in [0.15, 0.2) is 11.5 Å². The minimum atomic E-state index is -1.05. The maximum atomic E-state index is 13.7. The van der Waals surface area contributed by atoms with Gasteiger partial charge in [-0.05, 0) is 72.9 Å². The second kappa shape index (κ2) is 10.4. The maximum absolute atomic E-state index is 13.7. The van der Waals surface area contributed by atoms with Crippen LogP contribution in [0, 0.1) is 6.92 Å². The van der Waals surface area contributed by atoms with Crippen LogP contribution < -0.4 is 14.4 Å². The summed E-state index contributed by atoms with van der Waals surface area (Å²) in [4.78, 5) is 36.2. The molecule has 1 amide bonds. The van der Waals surface area contributed by atoms with Crippen molar-refractivity contribution in [2.75, 3.05) is 18.6 Å². The van der Waals surface area contributed by atoms with Crippen molar-refractivity contribution in [3.05, 3.63) is 82.4 Å². The number of aliphatic hydroxyl groups is 1. The predicted molar refractivity (Wildman–Crippen MR) is 152 cm³/mol. The Kier molecular flexibility index (Phi) is 6.97. The number of ketones is 1. The largest absolute Gasteiger partial charge is 0.507 e. The number of fused-ring (bicyclic) bond motifs is 1. The van der Waals surface area contributed by atoms with Gasteiger partial charge in [0, 0.05) is 5.56 Å². The molecule has 9 heteroatoms. The van der Waals surface area contributed by atoms with Crippen LogP contribution in [0.4, 0.5) is 5.95 Å². The van der Waals surface area contributed by atoms with Gasteiger partial charge in [-0.1, -0.05) is 32.0 Å². The molecule has 9 nitrogen and oxygen atoms in total. The summed E-state index contributed by atoms with van der Waals surface area (Å²) >= 11 is 0. The highest BCUT2D eigenvalue weighted by atomic mass is 16.5. The van der Waals surface area contributed by atoms with E-state index in [0.717, 1.165) is 5.56 Å². The Morgan fingerprint density at radius 3 is 2.52 bits per heavy atom. The molecule has 0 saturated carbocycles. The van der Waals surface area contributed by atoms with Crippen LogP contribution in [0.5, 0.6) is 17.2 Å². The zero-order valence-electron chi connectivity index (χ0n) is 23.0. The van der Waals surface area contributed by atoms with E-state index < -0.39 is 17.7 Å². The number of amides is 1. The number of phenolic OH excluding ortho intramolecular Hbond substituents is 1. The van der Waals surface area contributed by atoms with Gasteiger partial charge >= 0.3 is 5.91 Å². The highest BCUT2D eigenvalue weighted by Gasteiger charge is 2.48. The molecule has 0 bridgehead atoms. The summed E-state index contributed by atoms with van der Waals surface area (Å²) in [6.45, 7) is 7.89. The Bertz CT molecular complexity index is 1640. The monoisotopic (exact) mass is 541 g/mol. The fourth-order valence-electron chi connectivity index (χ4n) is 5.12. The lowest BCUT2D eigenvalue weighted by molar-refractivity contribution is -0.132. The van der Waals surface area contributed by atoms with Crippen LogP contribution in [-0.4, -0.2) is 45.6 Å². The van der Waals surface area contributed by atoms with Crippen LogP contribution in [0.25, 0.3) is 16.8 Å². The van der Waals surface area contributed by atoms with Crippen molar-refractivity contribution in [3.63, 3.8) is 0 Å². The number of imidazole rings is 1. The lowest BCUT2D eigenvalue weighted by Crippen LogP contribution is -2.30. The molecule has 0 radical (unpaired) electrons. The first-order valence-corrected chi connectivity index (χ1v) is 13.1. The van der Waals surface area contributed by atoms with E-state index in [1.807, 2.05) is 38.1 Å². The highest BCUT2D eigenvalue weighted by Crippen LogP contribution is 2.44. The maximum Gasteiger partial charge on any atom is 0.302 e. The van der Waals surface area contributed by atoms with Crippen molar-refractivity contribution in [2.45, 2.75) is 39.7 Å². The number of methoxy groups -OCH3 is 1. The molecule has 40 heavy (non-hydrogen) atoms. The van der Waals surface area contributed by atoms with Gasteiger partial charge in [0.1, 0.15) is 11.5 Å². The zero-order chi connectivity index (χ0) is 28.7. The van der Waals surface area contributed by atoms with Crippen LogP contribution >= 0.6 is 0 Å². The molecule has 4 aromatic rings. The molecule has 5 rings (SSSR count). The number of carbonyl (C=O) groups excluding carboxylic acids is 2. The molecule has 0 aliphatic carbocycles. The zero-order valence-corrected chi connectivity index (χ0v) is 23.0. The van der Waals surface area contributed by atoms with Crippen molar-refractivity contribution in [2.24, 2.45) is 0 Å². The van der Waals surface area contributed by atoms with E-state index in [0.29, 0.717) is 40.1 Å². The van der Waals surface area contributed by atoms with E-state index in [-0.39, 0.29) is 34.7 Å². The number of nitrogens with zero attached hydrogens (tertiary/aromatic N) is 2. The van der Waals surface area contributed by atoms with E-state index in [9.17, 15) is 19.8 Å². The lowest BCUT2D eigenvalue weighted by Gasteiger charge is -2.24. The summed E-state index contributed by atoms with van der Waals surface area (Å²) in [7, 11) is 1.58. The first-order valence-electron chi connectivity index (χ1n) is 13.1. The molecule has 1 atom stereocenters. The number of aliphatic hydroxyl groups excluding tert-OH is 1. The number of aromatic amines is 1. The van der Waals surface area contributed by atoms with Crippen LogP contribution in [0.2, 0.25) is 0 Å². The summed E-state index contributed by atoms with van der Waals surface area (Å²) in [6.07, 6.45) is 0. The molecule has 1 fully saturated rings. The Balaban J connectivity index is 1.77. The fourth-order valence-corrected chi connectivity index (χ4v) is 5.12. The molecule has 0 spiro atoms. The number of aromatic nitrogens is 2. The number of ether oxygens (including phenoxy) is 2. The number of aromatic hydroxyl groups is 1. The normalized spacial score (nSPS) is 16.8. The molecule has 1 aliphatic rings. The number of anilines is 1. The molecule has 3 aromatic carbocycles. The average Bonchev–Trinajstić information content (AvgIpc) is 3.47. The van der Waals surface area contributed by atoms with Gasteiger partial charge < -0.3 is 24.7 Å². The third-order valence-corrected chi connectivity index (χ3v) is 7.10. The number of phenols is 1. The van der Waals surface area contributed by atoms with Crippen LogP contribution in [-0.2, 0) is 9.59 Å². The number of para-hydroxylation sites is 2. The summed E-state index contributed by atoms with van der Waals surface area (Å²) < 4.78 is 11.1. The molecule has 1 unspecified atom stereocenters. The van der Waals surface area contributed by atoms with E-state index >= 15 is 0 Å². The minimum absolute atomic E-state index is 0.0710. The molecule has 1 saturated heterocycles. The summed E-state index contributed by atoms with van der Waals surface area (Å²) in [5, 5.41) is 22.1. The molecule has 3 N–H and O–H groups in total. The van der Waals surface area contributed by atoms with Crippen molar-refractivity contribution in [1.82, 2.24) is 9.97 Å². The van der Waals surface area contributed by atoms with Gasteiger partial charge in [0.05, 0.1) is 36.4 Å². The molecule has 206 valence electrons. The lowest BCUT2D eigenvalue weighted by atomic mass is 9.91. The van der Waals surface area contributed by atoms with Gasteiger partial charge in [0.2, 0.25) is 5.95 Å². The molecule has 2 heterocycles. The third-order valence-electron chi connectivity index (χ3n) is 7.10.